The van der Waals surface area contributed by atoms with Gasteiger partial charge in [0.25, 0.3) is 0 Å². The number of nitrogens with zero attached hydrogens (tertiary/aromatic N) is 2. The zero-order chi connectivity index (χ0) is 20.8. The van der Waals surface area contributed by atoms with E-state index in [0.29, 0.717) is 29.5 Å². The number of carbonyl (C=O) groups excluding carboxylic acids is 1. The van der Waals surface area contributed by atoms with Crippen molar-refractivity contribution in [2.45, 2.75) is 13.5 Å². The van der Waals surface area contributed by atoms with Gasteiger partial charge in [0.1, 0.15) is 22.4 Å². The molecule has 1 amide bonds. The summed E-state index contributed by atoms with van der Waals surface area (Å²) in [6.45, 7) is 3.10. The SMILES string of the molecule is CCN(CC(=O)Nc1ccccc1OC)Cc1nc(-c2c(F)cccc2F)cs1. The summed E-state index contributed by atoms with van der Waals surface area (Å²) < 4.78 is 33.2. The summed E-state index contributed by atoms with van der Waals surface area (Å²) in [7, 11) is 1.54. The smallest absolute Gasteiger partial charge is 0.238 e. The number of halogens is 2. The molecule has 0 aliphatic heterocycles. The van der Waals surface area contributed by atoms with Gasteiger partial charge in [-0.3, -0.25) is 9.69 Å². The number of hydrogen-bond donors (Lipinski definition) is 1. The van der Waals surface area contributed by atoms with E-state index in [4.69, 9.17) is 4.74 Å². The highest BCUT2D eigenvalue weighted by molar-refractivity contribution is 7.09. The molecule has 0 saturated carbocycles. The number of likely N-dealkylation sites (N-methyl/N-ethyl adjacent to an activating group) is 1. The highest BCUT2D eigenvalue weighted by atomic mass is 32.1. The molecule has 1 aromatic heterocycles. The van der Waals surface area contributed by atoms with Crippen LogP contribution in [0.25, 0.3) is 11.3 Å². The van der Waals surface area contributed by atoms with Gasteiger partial charge in [0.2, 0.25) is 5.91 Å². The molecule has 8 heteroatoms. The molecule has 0 unspecified atom stereocenters. The Bertz CT molecular complexity index is 973. The van der Waals surface area contributed by atoms with Crippen LogP contribution in [0.3, 0.4) is 0 Å². The predicted octanol–water partition coefficient (Wildman–Crippen LogP) is 4.56. The number of anilines is 1. The van der Waals surface area contributed by atoms with E-state index in [-0.39, 0.29) is 23.7 Å². The minimum atomic E-state index is -0.648. The highest BCUT2D eigenvalue weighted by Gasteiger charge is 2.17. The van der Waals surface area contributed by atoms with E-state index in [1.165, 1.54) is 29.5 Å². The standard InChI is InChI=1S/C21H21F2N3O2S/c1-3-26(11-19(27)24-16-9-4-5-10-18(16)28-2)12-20-25-17(13-29-20)21-14(22)7-6-8-15(21)23/h4-10,13H,3,11-12H2,1-2H3,(H,24,27). The molecule has 0 saturated heterocycles. The number of nitrogens with one attached hydrogen (secondary N) is 1. The molecule has 3 aromatic rings. The predicted molar refractivity (Wildman–Crippen MR) is 110 cm³/mol. The molecule has 0 radical (unpaired) electrons. The van der Waals surface area contributed by atoms with Crippen molar-refractivity contribution in [3.05, 3.63) is 64.5 Å². The van der Waals surface area contributed by atoms with Crippen LogP contribution in [-0.4, -0.2) is 36.0 Å². The van der Waals surface area contributed by atoms with Gasteiger partial charge in [0.15, 0.2) is 0 Å². The number of hydrogen-bond acceptors (Lipinski definition) is 5. The molecular formula is C21H21F2N3O2S. The van der Waals surface area contributed by atoms with Crippen molar-refractivity contribution in [3.63, 3.8) is 0 Å². The van der Waals surface area contributed by atoms with Crippen molar-refractivity contribution in [2.24, 2.45) is 0 Å². The Labute approximate surface area is 172 Å². The van der Waals surface area contributed by atoms with Crippen molar-refractivity contribution in [2.75, 3.05) is 25.5 Å². The van der Waals surface area contributed by atoms with Crippen molar-refractivity contribution in [3.8, 4) is 17.0 Å². The van der Waals surface area contributed by atoms with Gasteiger partial charge < -0.3 is 10.1 Å². The second-order valence-corrected chi connectivity index (χ2v) is 7.22. The number of benzene rings is 2. The lowest BCUT2D eigenvalue weighted by atomic mass is 10.1. The monoisotopic (exact) mass is 417 g/mol. The zero-order valence-electron chi connectivity index (χ0n) is 16.1. The summed E-state index contributed by atoms with van der Waals surface area (Å²) in [4.78, 5) is 18.7. The van der Waals surface area contributed by atoms with Gasteiger partial charge in [0, 0.05) is 5.38 Å². The van der Waals surface area contributed by atoms with Gasteiger partial charge in [-0.1, -0.05) is 25.1 Å². The summed E-state index contributed by atoms with van der Waals surface area (Å²) in [6.07, 6.45) is 0. The first kappa shape index (κ1) is 20.9. The average molecular weight is 417 g/mol. The second kappa shape index (κ2) is 9.58. The van der Waals surface area contributed by atoms with Crippen LogP contribution in [0.1, 0.15) is 11.9 Å². The van der Waals surface area contributed by atoms with Crippen molar-refractivity contribution in [1.29, 1.82) is 0 Å². The van der Waals surface area contributed by atoms with Crippen molar-refractivity contribution in [1.82, 2.24) is 9.88 Å². The number of aromatic nitrogens is 1. The molecule has 1 heterocycles. The minimum Gasteiger partial charge on any atom is -0.495 e. The molecule has 0 fully saturated rings. The normalized spacial score (nSPS) is 10.9. The van der Waals surface area contributed by atoms with Gasteiger partial charge in [0.05, 0.1) is 37.1 Å². The fourth-order valence-corrected chi connectivity index (χ4v) is 3.68. The molecule has 5 nitrogen and oxygen atoms in total. The van der Waals surface area contributed by atoms with E-state index in [0.717, 1.165) is 0 Å². The fraction of sp³-hybridized carbons (Fsp3) is 0.238. The fourth-order valence-electron chi connectivity index (χ4n) is 2.85. The quantitative estimate of drug-likeness (QED) is 0.584. The van der Waals surface area contributed by atoms with Crippen molar-refractivity contribution >= 4 is 22.9 Å². The van der Waals surface area contributed by atoms with Gasteiger partial charge in [-0.15, -0.1) is 11.3 Å². The number of rotatable bonds is 8. The van der Waals surface area contributed by atoms with Crippen LogP contribution in [-0.2, 0) is 11.3 Å². The average Bonchev–Trinajstić information content (AvgIpc) is 3.15. The van der Waals surface area contributed by atoms with Crippen LogP contribution in [0.5, 0.6) is 5.75 Å². The zero-order valence-corrected chi connectivity index (χ0v) is 16.9. The van der Waals surface area contributed by atoms with E-state index < -0.39 is 11.6 Å². The van der Waals surface area contributed by atoms with Crippen LogP contribution in [0.2, 0.25) is 0 Å². The van der Waals surface area contributed by atoms with Gasteiger partial charge in [-0.2, -0.15) is 0 Å². The number of thiazole rings is 1. The van der Waals surface area contributed by atoms with E-state index in [1.54, 1.807) is 24.6 Å². The van der Waals surface area contributed by atoms with Crippen LogP contribution in [0.15, 0.2) is 47.8 Å². The molecule has 0 spiro atoms. The molecule has 0 aliphatic carbocycles. The largest absolute Gasteiger partial charge is 0.495 e. The molecule has 29 heavy (non-hydrogen) atoms. The Morgan fingerprint density at radius 2 is 1.90 bits per heavy atom. The molecule has 2 aromatic carbocycles. The third-order valence-electron chi connectivity index (χ3n) is 4.33. The summed E-state index contributed by atoms with van der Waals surface area (Å²) in [5.41, 5.74) is 0.727. The number of para-hydroxylation sites is 2. The lowest BCUT2D eigenvalue weighted by Crippen LogP contribution is -2.32. The van der Waals surface area contributed by atoms with Gasteiger partial charge >= 0.3 is 0 Å². The molecule has 152 valence electrons. The van der Waals surface area contributed by atoms with E-state index in [1.807, 2.05) is 24.0 Å². The maximum absolute atomic E-state index is 14.0. The van der Waals surface area contributed by atoms with Crippen LogP contribution >= 0.6 is 11.3 Å². The third-order valence-corrected chi connectivity index (χ3v) is 5.16. The Kier molecular flexibility index (Phi) is 6.90. The Balaban J connectivity index is 1.66. The maximum atomic E-state index is 14.0. The first-order valence-electron chi connectivity index (χ1n) is 9.05. The Morgan fingerprint density at radius 1 is 1.17 bits per heavy atom. The molecule has 0 aliphatic rings. The molecule has 0 bridgehead atoms. The Morgan fingerprint density at radius 3 is 2.59 bits per heavy atom. The summed E-state index contributed by atoms with van der Waals surface area (Å²) in [6, 6.07) is 10.9. The number of carbonyl (C=O) groups is 1. The third kappa shape index (κ3) is 5.16. The van der Waals surface area contributed by atoms with Crippen LogP contribution in [0.4, 0.5) is 14.5 Å². The summed E-state index contributed by atoms with van der Waals surface area (Å²) >= 11 is 1.30. The van der Waals surface area contributed by atoms with Crippen LogP contribution in [0, 0.1) is 11.6 Å². The van der Waals surface area contributed by atoms with E-state index in [2.05, 4.69) is 10.3 Å². The first-order chi connectivity index (χ1) is 14.0. The lowest BCUT2D eigenvalue weighted by Gasteiger charge is -2.19. The summed E-state index contributed by atoms with van der Waals surface area (Å²) in [5, 5.41) is 5.14. The van der Waals surface area contributed by atoms with E-state index in [9.17, 15) is 13.6 Å². The van der Waals surface area contributed by atoms with Gasteiger partial charge in [-0.25, -0.2) is 13.8 Å². The highest BCUT2D eigenvalue weighted by Crippen LogP contribution is 2.28. The van der Waals surface area contributed by atoms with E-state index >= 15 is 0 Å². The molecule has 0 atom stereocenters. The summed E-state index contributed by atoms with van der Waals surface area (Å²) in [5.74, 6) is -0.899. The number of ether oxygens (including phenoxy) is 1. The maximum Gasteiger partial charge on any atom is 0.238 e. The van der Waals surface area contributed by atoms with Crippen LogP contribution < -0.4 is 10.1 Å². The topological polar surface area (TPSA) is 54.5 Å². The molecule has 3 rings (SSSR count). The minimum absolute atomic E-state index is 0.132. The van der Waals surface area contributed by atoms with Crippen molar-refractivity contribution < 1.29 is 18.3 Å². The Hall–Kier alpha value is -2.84. The van der Waals surface area contributed by atoms with Gasteiger partial charge in [-0.05, 0) is 30.8 Å². The first-order valence-corrected chi connectivity index (χ1v) is 9.93. The molecule has 1 N–H and O–H groups in total. The number of amides is 1. The second-order valence-electron chi connectivity index (χ2n) is 6.27. The lowest BCUT2D eigenvalue weighted by molar-refractivity contribution is -0.117. The molecular weight excluding hydrogens is 396 g/mol. The number of methoxy groups -OCH3 is 1.